The number of aryl methyl sites for hydroxylation is 1. The molecule has 1 N–H and O–H groups in total. The number of rotatable bonds is 5. The quantitative estimate of drug-likeness (QED) is 0.496. The molecule has 19 heavy (non-hydrogen) atoms. The summed E-state index contributed by atoms with van der Waals surface area (Å²) in [7, 11) is 1.26. The molecule has 1 unspecified atom stereocenters. The Kier molecular flexibility index (Phi) is 4.47. The number of esters is 1. The zero-order valence-electron chi connectivity index (χ0n) is 11.6. The number of aromatic nitrogens is 2. The van der Waals surface area contributed by atoms with Crippen molar-refractivity contribution in [3.8, 4) is 0 Å². The van der Waals surface area contributed by atoms with E-state index in [-0.39, 0.29) is 17.5 Å². The fourth-order valence-corrected chi connectivity index (χ4v) is 1.71. The molecular formula is C11H18N4O4. The standard InChI is InChI=1S/C11H18N4O4/c1-6(2)14-10(12-8(4)11(16)19-5)9(15(17)18)7(3)13-14/h6,8,12H,1-5H3. The van der Waals surface area contributed by atoms with Gasteiger partial charge in [-0.3, -0.25) is 10.1 Å². The maximum atomic E-state index is 11.4. The summed E-state index contributed by atoms with van der Waals surface area (Å²) in [5.74, 6) is -0.279. The monoisotopic (exact) mass is 270 g/mol. The van der Waals surface area contributed by atoms with Crippen molar-refractivity contribution >= 4 is 17.5 Å². The number of nitro groups is 1. The Labute approximate surface area is 110 Å². The van der Waals surface area contributed by atoms with E-state index in [1.807, 2.05) is 13.8 Å². The van der Waals surface area contributed by atoms with E-state index in [4.69, 9.17) is 0 Å². The molecule has 0 aromatic carbocycles. The van der Waals surface area contributed by atoms with E-state index in [0.717, 1.165) is 0 Å². The molecule has 8 nitrogen and oxygen atoms in total. The van der Waals surface area contributed by atoms with Gasteiger partial charge in [-0.25, -0.2) is 9.48 Å². The minimum atomic E-state index is -0.697. The molecule has 8 heteroatoms. The summed E-state index contributed by atoms with van der Waals surface area (Å²) < 4.78 is 6.08. The van der Waals surface area contributed by atoms with Crippen LogP contribution < -0.4 is 5.32 Å². The summed E-state index contributed by atoms with van der Waals surface area (Å²) in [6, 6.07) is -0.767. The topological polar surface area (TPSA) is 99.3 Å². The van der Waals surface area contributed by atoms with Gasteiger partial charge in [0.05, 0.1) is 12.0 Å². The maximum absolute atomic E-state index is 11.4. The molecule has 0 aliphatic carbocycles. The lowest BCUT2D eigenvalue weighted by molar-refractivity contribution is -0.384. The van der Waals surface area contributed by atoms with Gasteiger partial charge in [0, 0.05) is 6.04 Å². The molecule has 0 amide bonds. The third-order valence-electron chi connectivity index (χ3n) is 2.63. The van der Waals surface area contributed by atoms with Crippen molar-refractivity contribution in [2.45, 2.75) is 39.8 Å². The first-order chi connectivity index (χ1) is 8.79. The van der Waals surface area contributed by atoms with Crippen molar-refractivity contribution in [2.24, 2.45) is 0 Å². The molecule has 1 aromatic heterocycles. The Hall–Kier alpha value is -2.12. The zero-order chi connectivity index (χ0) is 14.7. The Balaban J connectivity index is 3.22. The van der Waals surface area contributed by atoms with E-state index in [0.29, 0.717) is 5.69 Å². The normalized spacial score (nSPS) is 12.3. The number of ether oxygens (including phenoxy) is 1. The van der Waals surface area contributed by atoms with Crippen molar-refractivity contribution in [1.82, 2.24) is 9.78 Å². The lowest BCUT2D eigenvalue weighted by Gasteiger charge is -2.15. The molecule has 1 aromatic rings. The van der Waals surface area contributed by atoms with Gasteiger partial charge < -0.3 is 10.1 Å². The molecule has 1 rings (SSSR count). The van der Waals surface area contributed by atoms with Crippen LogP contribution in [0, 0.1) is 17.0 Å². The van der Waals surface area contributed by atoms with Gasteiger partial charge in [0.25, 0.3) is 0 Å². The third-order valence-corrected chi connectivity index (χ3v) is 2.63. The highest BCUT2D eigenvalue weighted by Crippen LogP contribution is 2.31. The Morgan fingerprint density at radius 1 is 1.47 bits per heavy atom. The van der Waals surface area contributed by atoms with Gasteiger partial charge >= 0.3 is 11.7 Å². The van der Waals surface area contributed by atoms with Crippen LogP contribution in [0.4, 0.5) is 11.5 Å². The number of hydrogen-bond donors (Lipinski definition) is 1. The van der Waals surface area contributed by atoms with Crippen LogP contribution in [0.25, 0.3) is 0 Å². The molecule has 0 aliphatic heterocycles. The molecule has 1 heterocycles. The van der Waals surface area contributed by atoms with Crippen LogP contribution >= 0.6 is 0 Å². The molecule has 0 bridgehead atoms. The van der Waals surface area contributed by atoms with Crippen molar-refractivity contribution in [2.75, 3.05) is 12.4 Å². The van der Waals surface area contributed by atoms with Crippen LogP contribution in [0.15, 0.2) is 0 Å². The van der Waals surface area contributed by atoms with Crippen LogP contribution in [0.1, 0.15) is 32.5 Å². The molecule has 0 radical (unpaired) electrons. The van der Waals surface area contributed by atoms with Gasteiger partial charge in [-0.05, 0) is 27.7 Å². The second kappa shape index (κ2) is 5.68. The number of carbonyl (C=O) groups is 1. The number of anilines is 1. The van der Waals surface area contributed by atoms with Crippen LogP contribution in [-0.2, 0) is 9.53 Å². The first-order valence-electron chi connectivity index (χ1n) is 5.87. The molecule has 1 atom stereocenters. The molecule has 0 spiro atoms. The van der Waals surface area contributed by atoms with Gasteiger partial charge in [-0.2, -0.15) is 5.10 Å². The number of nitrogens with zero attached hydrogens (tertiary/aromatic N) is 3. The molecule has 0 saturated heterocycles. The highest BCUT2D eigenvalue weighted by Gasteiger charge is 2.28. The Bertz CT molecular complexity index is 495. The van der Waals surface area contributed by atoms with Gasteiger partial charge in [0.2, 0.25) is 5.82 Å². The van der Waals surface area contributed by atoms with E-state index in [9.17, 15) is 14.9 Å². The number of nitrogens with one attached hydrogen (secondary N) is 1. The van der Waals surface area contributed by atoms with Crippen molar-refractivity contribution in [3.05, 3.63) is 15.8 Å². The lowest BCUT2D eigenvalue weighted by atomic mass is 10.3. The number of carbonyl (C=O) groups excluding carboxylic acids is 1. The zero-order valence-corrected chi connectivity index (χ0v) is 11.6. The second-order valence-corrected chi connectivity index (χ2v) is 4.47. The fourth-order valence-electron chi connectivity index (χ4n) is 1.71. The van der Waals surface area contributed by atoms with Crippen LogP contribution in [-0.4, -0.2) is 33.8 Å². The van der Waals surface area contributed by atoms with E-state index >= 15 is 0 Å². The fraction of sp³-hybridized carbons (Fsp3) is 0.636. The Morgan fingerprint density at radius 3 is 2.47 bits per heavy atom. The van der Waals surface area contributed by atoms with E-state index in [1.54, 1.807) is 13.8 Å². The van der Waals surface area contributed by atoms with Crippen molar-refractivity contribution < 1.29 is 14.5 Å². The minimum absolute atomic E-state index is 0.0697. The van der Waals surface area contributed by atoms with Gasteiger partial charge in [0.1, 0.15) is 11.7 Å². The van der Waals surface area contributed by atoms with Gasteiger partial charge in [-0.1, -0.05) is 0 Å². The number of hydrogen-bond acceptors (Lipinski definition) is 6. The smallest absolute Gasteiger partial charge is 0.333 e. The maximum Gasteiger partial charge on any atom is 0.333 e. The van der Waals surface area contributed by atoms with Crippen molar-refractivity contribution in [1.29, 1.82) is 0 Å². The average molecular weight is 270 g/mol. The van der Waals surface area contributed by atoms with E-state index < -0.39 is 16.9 Å². The summed E-state index contributed by atoms with van der Waals surface area (Å²) in [4.78, 5) is 22.0. The molecule has 0 saturated carbocycles. The predicted octanol–water partition coefficient (Wildman–Crippen LogP) is 1.65. The predicted molar refractivity (Wildman–Crippen MR) is 69.1 cm³/mol. The summed E-state index contributed by atoms with van der Waals surface area (Å²) >= 11 is 0. The third kappa shape index (κ3) is 3.01. The summed E-state index contributed by atoms with van der Waals surface area (Å²) in [5.41, 5.74) is 0.183. The Morgan fingerprint density at radius 2 is 2.05 bits per heavy atom. The summed E-state index contributed by atoms with van der Waals surface area (Å²) in [5, 5.41) is 18.0. The molecule has 0 aliphatic rings. The summed E-state index contributed by atoms with van der Waals surface area (Å²) in [6.07, 6.45) is 0. The lowest BCUT2D eigenvalue weighted by Crippen LogP contribution is -2.29. The van der Waals surface area contributed by atoms with E-state index in [2.05, 4.69) is 15.2 Å². The number of methoxy groups -OCH3 is 1. The average Bonchev–Trinajstić information content (AvgIpc) is 2.65. The molecule has 0 fully saturated rings. The van der Waals surface area contributed by atoms with Gasteiger partial charge in [0.15, 0.2) is 0 Å². The van der Waals surface area contributed by atoms with Crippen molar-refractivity contribution in [3.63, 3.8) is 0 Å². The first-order valence-corrected chi connectivity index (χ1v) is 5.87. The minimum Gasteiger partial charge on any atom is -0.467 e. The molecular weight excluding hydrogens is 252 g/mol. The summed E-state index contributed by atoms with van der Waals surface area (Å²) in [6.45, 7) is 6.84. The highest BCUT2D eigenvalue weighted by atomic mass is 16.6. The molecule has 106 valence electrons. The SMILES string of the molecule is COC(=O)C(C)Nc1c([N+](=O)[O-])c(C)nn1C(C)C. The van der Waals surface area contributed by atoms with Crippen LogP contribution in [0.3, 0.4) is 0 Å². The van der Waals surface area contributed by atoms with Crippen LogP contribution in [0.5, 0.6) is 0 Å². The van der Waals surface area contributed by atoms with E-state index in [1.165, 1.54) is 11.8 Å². The largest absolute Gasteiger partial charge is 0.467 e. The van der Waals surface area contributed by atoms with Crippen LogP contribution in [0.2, 0.25) is 0 Å². The first kappa shape index (κ1) is 14.9. The highest BCUT2D eigenvalue weighted by molar-refractivity contribution is 5.79. The second-order valence-electron chi connectivity index (χ2n) is 4.47. The van der Waals surface area contributed by atoms with Gasteiger partial charge in [-0.15, -0.1) is 0 Å².